The fraction of sp³-hybridized carbons (Fsp3) is 0.125. The van der Waals surface area contributed by atoms with Gasteiger partial charge in [0, 0.05) is 17.2 Å². The number of allylic oxidation sites excluding steroid dienone is 1. The average molecular weight is 174 g/mol. The number of aromatic nitrogens is 2. The van der Waals surface area contributed by atoms with Crippen LogP contribution in [0.3, 0.4) is 0 Å². The molecule has 1 rings (SSSR count). The van der Waals surface area contributed by atoms with Crippen LogP contribution in [0.25, 0.3) is 11.1 Å². The predicted molar refractivity (Wildman–Crippen MR) is 44.7 cm³/mol. The van der Waals surface area contributed by atoms with Crippen LogP contribution in [0.1, 0.15) is 0 Å². The van der Waals surface area contributed by atoms with Gasteiger partial charge in [0.2, 0.25) is 6.20 Å². The number of methoxy groups -OCH3 is 1. The molecule has 0 aromatic carbocycles. The van der Waals surface area contributed by atoms with Gasteiger partial charge in [0.15, 0.2) is 6.07 Å². The first-order valence-electron chi connectivity index (χ1n) is 3.42. The lowest BCUT2D eigenvalue weighted by Gasteiger charge is -1.93. The molecule has 1 aromatic heterocycles. The van der Waals surface area contributed by atoms with E-state index >= 15 is 0 Å². The Morgan fingerprint density at radius 3 is 3.08 bits per heavy atom. The van der Waals surface area contributed by atoms with E-state index in [0.29, 0.717) is 5.88 Å². The third kappa shape index (κ3) is 1.89. The zero-order valence-electron chi connectivity index (χ0n) is 6.93. The molecule has 0 saturated heterocycles. The molecule has 64 valence electrons. The van der Waals surface area contributed by atoms with Crippen molar-refractivity contribution in [1.29, 1.82) is 5.26 Å². The number of hydrogen-bond donors (Lipinski definition) is 0. The lowest BCUT2D eigenvalue weighted by atomic mass is 10.5. The van der Waals surface area contributed by atoms with Crippen molar-refractivity contribution in [3.63, 3.8) is 0 Å². The van der Waals surface area contributed by atoms with Crippen LogP contribution in [0.5, 0.6) is 5.88 Å². The molecule has 0 bridgehead atoms. The predicted octanol–water partition coefficient (Wildman–Crippen LogP) is -0.0187. The van der Waals surface area contributed by atoms with Crippen LogP contribution in [0.4, 0.5) is 0 Å². The molecular formula is C8H6N4O. The van der Waals surface area contributed by atoms with Crippen LogP contribution >= 0.6 is 0 Å². The summed E-state index contributed by atoms with van der Waals surface area (Å²) >= 11 is 0. The number of nitriles is 1. The van der Waals surface area contributed by atoms with Crippen molar-refractivity contribution in [3.8, 4) is 11.9 Å². The maximum absolute atomic E-state index is 8.53. The third-order valence-corrected chi connectivity index (χ3v) is 1.32. The van der Waals surface area contributed by atoms with Crippen molar-refractivity contribution in [1.82, 2.24) is 5.10 Å². The van der Waals surface area contributed by atoms with Crippen molar-refractivity contribution in [2.75, 3.05) is 7.11 Å². The summed E-state index contributed by atoms with van der Waals surface area (Å²) in [6.45, 7) is 0. The molecule has 1 aromatic rings. The van der Waals surface area contributed by atoms with E-state index in [0.717, 1.165) is 0 Å². The van der Waals surface area contributed by atoms with Gasteiger partial charge in [-0.3, -0.25) is 0 Å². The van der Waals surface area contributed by atoms with Crippen LogP contribution in [0.2, 0.25) is 0 Å². The fourth-order valence-corrected chi connectivity index (χ4v) is 0.741. The van der Waals surface area contributed by atoms with E-state index in [1.807, 2.05) is 0 Å². The lowest BCUT2D eigenvalue weighted by Crippen LogP contribution is -2.35. The highest BCUT2D eigenvalue weighted by molar-refractivity contribution is 5.83. The van der Waals surface area contributed by atoms with Crippen molar-refractivity contribution < 1.29 is 9.42 Å². The maximum atomic E-state index is 8.53. The molecule has 0 spiro atoms. The molecule has 0 fully saturated rings. The minimum absolute atomic E-state index is 0.0982. The van der Waals surface area contributed by atoms with Crippen molar-refractivity contribution >= 4 is 11.6 Å². The Morgan fingerprint density at radius 2 is 2.54 bits per heavy atom. The molecule has 0 aliphatic heterocycles. The number of nitrogens with zero attached hydrogens (tertiary/aromatic N) is 4. The molecule has 13 heavy (non-hydrogen) atoms. The summed E-state index contributed by atoms with van der Waals surface area (Å²) in [6, 6.07) is 4.99. The van der Waals surface area contributed by atoms with Crippen LogP contribution in [-0.4, -0.2) is 18.1 Å². The van der Waals surface area contributed by atoms with Gasteiger partial charge < -0.3 is 10.1 Å². The number of rotatable bonds is 2. The second-order valence-electron chi connectivity index (χ2n) is 2.07. The highest BCUT2D eigenvalue weighted by atomic mass is 16.5. The van der Waals surface area contributed by atoms with E-state index < -0.39 is 0 Å². The molecular weight excluding hydrogens is 168 g/mol. The first-order valence-corrected chi connectivity index (χ1v) is 3.42. The molecule has 0 aliphatic rings. The summed E-state index contributed by atoms with van der Waals surface area (Å²) in [6.07, 6.45) is 1.50. The van der Waals surface area contributed by atoms with Gasteiger partial charge in [-0.1, -0.05) is 0 Å². The second-order valence-corrected chi connectivity index (χ2v) is 2.07. The molecule has 0 saturated carbocycles. The topological polar surface area (TPSA) is 72.1 Å². The Labute approximate surface area is 75.0 Å². The van der Waals surface area contributed by atoms with E-state index in [4.69, 9.17) is 15.4 Å². The normalized spacial score (nSPS) is 8.31. The molecule has 0 N–H and O–H groups in total. The SMILES string of the molecule is COc1ccc[n+](C(=C=[N-])C#N)n1. The Hall–Kier alpha value is -2.18. The van der Waals surface area contributed by atoms with Gasteiger partial charge in [0.25, 0.3) is 5.88 Å². The highest BCUT2D eigenvalue weighted by Crippen LogP contribution is 1.98. The van der Waals surface area contributed by atoms with Gasteiger partial charge in [0.05, 0.1) is 7.11 Å². The monoisotopic (exact) mass is 174 g/mol. The Balaban J connectivity index is 3.17. The minimum atomic E-state index is -0.0982. The summed E-state index contributed by atoms with van der Waals surface area (Å²) in [7, 11) is 1.46. The maximum Gasteiger partial charge on any atom is 0.335 e. The molecule has 0 radical (unpaired) electrons. The molecule has 5 heteroatoms. The molecule has 0 unspecified atom stereocenters. The van der Waals surface area contributed by atoms with Gasteiger partial charge in [0.1, 0.15) is 0 Å². The first-order chi connectivity index (χ1) is 6.31. The third-order valence-electron chi connectivity index (χ3n) is 1.32. The van der Waals surface area contributed by atoms with Gasteiger partial charge in [-0.2, -0.15) is 11.1 Å². The second kappa shape index (κ2) is 4.00. The fourth-order valence-electron chi connectivity index (χ4n) is 0.741. The van der Waals surface area contributed by atoms with Crippen molar-refractivity contribution in [2.45, 2.75) is 0 Å². The summed E-state index contributed by atoms with van der Waals surface area (Å²) < 4.78 is 6.00. The van der Waals surface area contributed by atoms with Crippen molar-refractivity contribution in [2.24, 2.45) is 0 Å². The zero-order valence-corrected chi connectivity index (χ0v) is 6.93. The summed E-state index contributed by atoms with van der Waals surface area (Å²) in [5, 5.41) is 20.9. The van der Waals surface area contributed by atoms with Gasteiger partial charge in [-0.25, -0.2) is 0 Å². The minimum Gasteiger partial charge on any atom is -0.757 e. The van der Waals surface area contributed by atoms with Crippen LogP contribution < -0.4 is 9.42 Å². The summed E-state index contributed by atoms with van der Waals surface area (Å²) in [5.74, 6) is 2.07. The van der Waals surface area contributed by atoms with E-state index in [-0.39, 0.29) is 5.70 Å². The molecule has 1 heterocycles. The van der Waals surface area contributed by atoms with Gasteiger partial charge in [-0.05, 0) is 4.68 Å². The average Bonchev–Trinajstić information content (AvgIpc) is 2.20. The van der Waals surface area contributed by atoms with E-state index in [2.05, 4.69) is 5.10 Å². The lowest BCUT2D eigenvalue weighted by molar-refractivity contribution is -0.642. The van der Waals surface area contributed by atoms with E-state index in [1.165, 1.54) is 18.0 Å². The van der Waals surface area contributed by atoms with Gasteiger partial charge >= 0.3 is 5.70 Å². The summed E-state index contributed by atoms with van der Waals surface area (Å²) in [4.78, 5) is 0. The quantitative estimate of drug-likeness (QED) is 0.359. The largest absolute Gasteiger partial charge is 0.757 e. The van der Waals surface area contributed by atoms with Gasteiger partial charge in [-0.15, -0.1) is 0 Å². The Bertz CT molecular complexity index is 401. The molecule has 5 nitrogen and oxygen atoms in total. The smallest absolute Gasteiger partial charge is 0.335 e. The highest BCUT2D eigenvalue weighted by Gasteiger charge is 2.09. The Morgan fingerprint density at radius 1 is 1.77 bits per heavy atom. The molecule has 0 atom stereocenters. The number of ether oxygens (including phenoxy) is 1. The molecule has 0 amide bonds. The zero-order chi connectivity index (χ0) is 9.68. The molecule has 0 aliphatic carbocycles. The standard InChI is InChI=1S/C8H6N4O/c1-13-8-3-2-4-12(11-8)7(5-9)6-10/h2-4H,1H3. The van der Waals surface area contributed by atoms with Crippen LogP contribution in [0, 0.1) is 11.3 Å². The van der Waals surface area contributed by atoms with E-state index in [1.54, 1.807) is 24.1 Å². The number of hydrogen-bond acceptors (Lipinski definition) is 3. The van der Waals surface area contributed by atoms with E-state index in [9.17, 15) is 0 Å². The summed E-state index contributed by atoms with van der Waals surface area (Å²) in [5.41, 5.74) is -0.0982. The van der Waals surface area contributed by atoms with Crippen LogP contribution in [0.15, 0.2) is 18.3 Å². The van der Waals surface area contributed by atoms with Crippen LogP contribution in [-0.2, 0) is 0 Å². The first kappa shape index (κ1) is 8.91. The van der Waals surface area contributed by atoms with Crippen molar-refractivity contribution in [3.05, 3.63) is 23.7 Å². The Kier molecular flexibility index (Phi) is 2.74.